The molecular weight excluding hydrogens is 224 g/mol. The molecule has 0 spiro atoms. The van der Waals surface area contributed by atoms with Crippen LogP contribution in [0.3, 0.4) is 0 Å². The molecule has 0 aliphatic carbocycles. The molecule has 3 heteroatoms. The van der Waals surface area contributed by atoms with E-state index in [0.29, 0.717) is 6.04 Å². The number of likely N-dealkylation sites (tertiary alicyclic amines) is 1. The zero-order valence-corrected chi connectivity index (χ0v) is 11.6. The Morgan fingerprint density at radius 2 is 2.28 bits per heavy atom. The summed E-state index contributed by atoms with van der Waals surface area (Å²) in [7, 11) is 0. The molecule has 1 saturated heterocycles. The van der Waals surface area contributed by atoms with Crippen LogP contribution in [0.4, 0.5) is 0 Å². The zero-order valence-electron chi connectivity index (χ0n) is 11.6. The lowest BCUT2D eigenvalue weighted by atomic mass is 9.99. The molecular formula is C15H26N2O. The SMILES string of the molecule is CCC(N)C(c1ccco1)N1CCCCCC1C. The Bertz CT molecular complexity index is 336. The largest absolute Gasteiger partial charge is 0.468 e. The molecule has 0 bridgehead atoms. The van der Waals surface area contributed by atoms with E-state index in [4.69, 9.17) is 10.2 Å². The minimum Gasteiger partial charge on any atom is -0.468 e. The highest BCUT2D eigenvalue weighted by Gasteiger charge is 2.31. The van der Waals surface area contributed by atoms with Gasteiger partial charge in [0.1, 0.15) is 5.76 Å². The Morgan fingerprint density at radius 1 is 1.44 bits per heavy atom. The highest BCUT2D eigenvalue weighted by atomic mass is 16.3. The van der Waals surface area contributed by atoms with Gasteiger partial charge in [-0.05, 0) is 44.9 Å². The fourth-order valence-electron chi connectivity index (χ4n) is 3.01. The molecule has 102 valence electrons. The summed E-state index contributed by atoms with van der Waals surface area (Å²) in [6.07, 6.45) is 7.96. The van der Waals surface area contributed by atoms with Crippen LogP contribution in [0.25, 0.3) is 0 Å². The van der Waals surface area contributed by atoms with Crippen LogP contribution in [0.1, 0.15) is 57.8 Å². The van der Waals surface area contributed by atoms with Crippen LogP contribution < -0.4 is 5.73 Å². The van der Waals surface area contributed by atoms with E-state index in [-0.39, 0.29) is 12.1 Å². The third-order valence-electron chi connectivity index (χ3n) is 4.17. The summed E-state index contributed by atoms with van der Waals surface area (Å²) >= 11 is 0. The van der Waals surface area contributed by atoms with Gasteiger partial charge in [0, 0.05) is 12.1 Å². The van der Waals surface area contributed by atoms with E-state index in [1.807, 2.05) is 6.07 Å². The molecule has 0 aromatic carbocycles. The number of hydrogen-bond acceptors (Lipinski definition) is 3. The molecule has 0 amide bonds. The molecule has 2 rings (SSSR count). The lowest BCUT2D eigenvalue weighted by Crippen LogP contribution is -2.44. The molecule has 1 aliphatic rings. The summed E-state index contributed by atoms with van der Waals surface area (Å²) in [4.78, 5) is 2.56. The molecule has 1 aromatic rings. The molecule has 0 saturated carbocycles. The number of nitrogens with two attached hydrogens (primary N) is 1. The van der Waals surface area contributed by atoms with Crippen LogP contribution in [0.15, 0.2) is 22.8 Å². The van der Waals surface area contributed by atoms with Gasteiger partial charge in [-0.15, -0.1) is 0 Å². The summed E-state index contributed by atoms with van der Waals surface area (Å²) in [6, 6.07) is 5.01. The van der Waals surface area contributed by atoms with Crippen LogP contribution in [-0.4, -0.2) is 23.5 Å². The maximum absolute atomic E-state index is 6.35. The molecule has 2 heterocycles. The predicted octanol–water partition coefficient (Wildman–Crippen LogP) is 3.32. The number of nitrogens with zero attached hydrogens (tertiary/aromatic N) is 1. The second-order valence-electron chi connectivity index (χ2n) is 5.47. The number of furan rings is 1. The molecule has 1 aliphatic heterocycles. The average molecular weight is 250 g/mol. The van der Waals surface area contributed by atoms with E-state index in [1.54, 1.807) is 6.26 Å². The molecule has 2 N–H and O–H groups in total. The monoisotopic (exact) mass is 250 g/mol. The topological polar surface area (TPSA) is 42.4 Å². The van der Waals surface area contributed by atoms with Crippen LogP contribution in [-0.2, 0) is 0 Å². The van der Waals surface area contributed by atoms with Crippen molar-refractivity contribution in [3.05, 3.63) is 24.2 Å². The summed E-state index contributed by atoms with van der Waals surface area (Å²) in [5.41, 5.74) is 6.35. The van der Waals surface area contributed by atoms with Gasteiger partial charge in [-0.3, -0.25) is 4.90 Å². The second kappa shape index (κ2) is 6.39. The van der Waals surface area contributed by atoms with E-state index in [1.165, 1.54) is 25.7 Å². The third-order valence-corrected chi connectivity index (χ3v) is 4.17. The third kappa shape index (κ3) is 2.96. The van der Waals surface area contributed by atoms with Crippen molar-refractivity contribution < 1.29 is 4.42 Å². The van der Waals surface area contributed by atoms with Crippen molar-refractivity contribution in [3.8, 4) is 0 Å². The lowest BCUT2D eigenvalue weighted by molar-refractivity contribution is 0.108. The predicted molar refractivity (Wildman–Crippen MR) is 74.4 cm³/mol. The van der Waals surface area contributed by atoms with E-state index in [0.717, 1.165) is 18.7 Å². The minimum atomic E-state index is 0.150. The van der Waals surface area contributed by atoms with Gasteiger partial charge in [0.05, 0.1) is 12.3 Å². The first-order chi connectivity index (χ1) is 8.74. The van der Waals surface area contributed by atoms with Crippen LogP contribution in [0.5, 0.6) is 0 Å². The van der Waals surface area contributed by atoms with Crippen LogP contribution >= 0.6 is 0 Å². The van der Waals surface area contributed by atoms with Crippen LogP contribution in [0, 0.1) is 0 Å². The van der Waals surface area contributed by atoms with Gasteiger partial charge in [0.25, 0.3) is 0 Å². The minimum absolute atomic E-state index is 0.150. The van der Waals surface area contributed by atoms with Crippen molar-refractivity contribution in [1.82, 2.24) is 4.90 Å². The Morgan fingerprint density at radius 3 is 2.94 bits per heavy atom. The van der Waals surface area contributed by atoms with Crippen molar-refractivity contribution in [2.45, 2.75) is 64.1 Å². The van der Waals surface area contributed by atoms with Gasteiger partial charge in [-0.25, -0.2) is 0 Å². The summed E-state index contributed by atoms with van der Waals surface area (Å²) in [5.74, 6) is 1.03. The number of hydrogen-bond donors (Lipinski definition) is 1. The van der Waals surface area contributed by atoms with E-state index >= 15 is 0 Å². The van der Waals surface area contributed by atoms with Gasteiger partial charge in [-0.1, -0.05) is 19.8 Å². The molecule has 3 unspecified atom stereocenters. The van der Waals surface area contributed by atoms with Gasteiger partial charge in [0.2, 0.25) is 0 Å². The first-order valence-corrected chi connectivity index (χ1v) is 7.28. The zero-order chi connectivity index (χ0) is 13.0. The maximum Gasteiger partial charge on any atom is 0.122 e. The van der Waals surface area contributed by atoms with Crippen molar-refractivity contribution >= 4 is 0 Å². The molecule has 18 heavy (non-hydrogen) atoms. The normalized spacial score (nSPS) is 25.6. The molecule has 0 radical (unpaired) electrons. The lowest BCUT2D eigenvalue weighted by Gasteiger charge is -2.37. The van der Waals surface area contributed by atoms with Gasteiger partial charge >= 0.3 is 0 Å². The van der Waals surface area contributed by atoms with Crippen molar-refractivity contribution in [2.75, 3.05) is 6.54 Å². The molecule has 3 atom stereocenters. The molecule has 1 aromatic heterocycles. The number of rotatable bonds is 4. The van der Waals surface area contributed by atoms with Crippen LogP contribution in [0.2, 0.25) is 0 Å². The fraction of sp³-hybridized carbons (Fsp3) is 0.733. The summed E-state index contributed by atoms with van der Waals surface area (Å²) in [5, 5.41) is 0. The highest BCUT2D eigenvalue weighted by molar-refractivity contribution is 5.08. The molecule has 1 fully saturated rings. The Hall–Kier alpha value is -0.800. The highest BCUT2D eigenvalue weighted by Crippen LogP contribution is 2.31. The Balaban J connectivity index is 2.21. The van der Waals surface area contributed by atoms with E-state index in [2.05, 4.69) is 24.8 Å². The Labute approximate surface area is 110 Å². The van der Waals surface area contributed by atoms with E-state index in [9.17, 15) is 0 Å². The van der Waals surface area contributed by atoms with E-state index < -0.39 is 0 Å². The van der Waals surface area contributed by atoms with Crippen molar-refractivity contribution in [2.24, 2.45) is 5.73 Å². The van der Waals surface area contributed by atoms with Crippen molar-refractivity contribution in [1.29, 1.82) is 0 Å². The molecule has 3 nitrogen and oxygen atoms in total. The second-order valence-corrected chi connectivity index (χ2v) is 5.47. The standard InChI is InChI=1S/C15H26N2O/c1-3-13(16)15(14-9-7-11-18-14)17-10-6-4-5-8-12(17)2/h7,9,11-13,15H,3-6,8,10,16H2,1-2H3. The van der Waals surface area contributed by atoms with Gasteiger partial charge < -0.3 is 10.2 Å². The van der Waals surface area contributed by atoms with Gasteiger partial charge in [0.15, 0.2) is 0 Å². The summed E-state index contributed by atoms with van der Waals surface area (Å²) in [6.45, 7) is 5.62. The maximum atomic E-state index is 6.35. The van der Waals surface area contributed by atoms with Crippen molar-refractivity contribution in [3.63, 3.8) is 0 Å². The fourth-order valence-corrected chi connectivity index (χ4v) is 3.01. The average Bonchev–Trinajstić information content (AvgIpc) is 2.81. The van der Waals surface area contributed by atoms with Gasteiger partial charge in [-0.2, -0.15) is 0 Å². The first kappa shape index (κ1) is 13.6. The summed E-state index contributed by atoms with van der Waals surface area (Å²) < 4.78 is 5.64. The quantitative estimate of drug-likeness (QED) is 0.891. The smallest absolute Gasteiger partial charge is 0.122 e. The first-order valence-electron chi connectivity index (χ1n) is 7.28. The Kier molecular flexibility index (Phi) is 4.84.